The second-order valence-electron chi connectivity index (χ2n) is 4.36. The van der Waals surface area contributed by atoms with E-state index in [4.69, 9.17) is 4.42 Å². The van der Waals surface area contributed by atoms with Gasteiger partial charge < -0.3 is 9.73 Å². The molecule has 0 radical (unpaired) electrons. The lowest BCUT2D eigenvalue weighted by Gasteiger charge is -2.17. The largest absolute Gasteiger partial charge is 0.463 e. The zero-order valence-electron chi connectivity index (χ0n) is 10.7. The van der Waals surface area contributed by atoms with Crippen LogP contribution < -0.4 is 5.32 Å². The molecule has 0 aliphatic heterocycles. The molecule has 0 saturated heterocycles. The fourth-order valence-electron chi connectivity index (χ4n) is 2.04. The predicted octanol–water partition coefficient (Wildman–Crippen LogP) is 4.77. The number of halogens is 1. The molecule has 0 bridgehead atoms. The topological polar surface area (TPSA) is 25.2 Å². The number of hydrogen-bond acceptors (Lipinski definition) is 2. The van der Waals surface area contributed by atoms with Crippen LogP contribution in [0.25, 0.3) is 11.3 Å². The molecular formula is C15H18BrNO. The Morgan fingerprint density at radius 1 is 1.28 bits per heavy atom. The first-order valence-electron chi connectivity index (χ1n) is 6.29. The maximum Gasteiger partial charge on any atom is 0.148 e. The Bertz CT molecular complexity index is 507. The lowest BCUT2D eigenvalue weighted by Crippen LogP contribution is -2.19. The van der Waals surface area contributed by atoms with E-state index in [9.17, 15) is 0 Å². The quantitative estimate of drug-likeness (QED) is 0.860. The van der Waals surface area contributed by atoms with Crippen molar-refractivity contribution in [2.75, 3.05) is 6.54 Å². The van der Waals surface area contributed by atoms with Crippen molar-refractivity contribution in [2.45, 2.75) is 26.3 Å². The van der Waals surface area contributed by atoms with E-state index in [1.54, 1.807) is 6.26 Å². The molecule has 3 heteroatoms. The van der Waals surface area contributed by atoms with Crippen molar-refractivity contribution in [3.63, 3.8) is 0 Å². The molecule has 1 heterocycles. The summed E-state index contributed by atoms with van der Waals surface area (Å²) in [5, 5.41) is 3.51. The van der Waals surface area contributed by atoms with Crippen LogP contribution in [0.2, 0.25) is 0 Å². The summed E-state index contributed by atoms with van der Waals surface area (Å²) in [6.45, 7) is 5.38. The monoisotopic (exact) mass is 307 g/mol. The minimum atomic E-state index is 0.318. The lowest BCUT2D eigenvalue weighted by atomic mass is 9.99. The highest BCUT2D eigenvalue weighted by atomic mass is 79.9. The summed E-state index contributed by atoms with van der Waals surface area (Å²) in [7, 11) is 0. The molecule has 1 aromatic carbocycles. The minimum absolute atomic E-state index is 0.318. The van der Waals surface area contributed by atoms with Crippen molar-refractivity contribution in [1.82, 2.24) is 5.32 Å². The van der Waals surface area contributed by atoms with Gasteiger partial charge in [-0.1, -0.05) is 31.2 Å². The molecule has 0 saturated carbocycles. The highest BCUT2D eigenvalue weighted by molar-refractivity contribution is 9.10. The molecule has 0 amide bonds. The van der Waals surface area contributed by atoms with E-state index < -0.39 is 0 Å². The van der Waals surface area contributed by atoms with E-state index >= 15 is 0 Å². The lowest BCUT2D eigenvalue weighted by molar-refractivity contribution is 0.560. The van der Waals surface area contributed by atoms with Crippen LogP contribution in [0.5, 0.6) is 0 Å². The molecule has 2 rings (SSSR count). The Labute approximate surface area is 117 Å². The molecule has 0 spiro atoms. The summed E-state index contributed by atoms with van der Waals surface area (Å²) >= 11 is 3.52. The van der Waals surface area contributed by atoms with Crippen LogP contribution in [0.4, 0.5) is 0 Å². The van der Waals surface area contributed by atoms with E-state index in [1.807, 2.05) is 12.1 Å². The maximum atomic E-state index is 5.57. The van der Waals surface area contributed by atoms with Gasteiger partial charge in [0, 0.05) is 11.6 Å². The van der Waals surface area contributed by atoms with Crippen LogP contribution in [0.15, 0.2) is 45.5 Å². The number of benzene rings is 1. The summed E-state index contributed by atoms with van der Waals surface area (Å²) in [6, 6.07) is 10.6. The van der Waals surface area contributed by atoms with Gasteiger partial charge in [0.2, 0.25) is 0 Å². The predicted molar refractivity (Wildman–Crippen MR) is 78.6 cm³/mol. The molecule has 1 aromatic heterocycles. The van der Waals surface area contributed by atoms with Crippen LogP contribution in [-0.4, -0.2) is 6.54 Å². The molecule has 2 nitrogen and oxygen atoms in total. The van der Waals surface area contributed by atoms with Gasteiger partial charge in [0.05, 0.1) is 10.7 Å². The molecule has 1 unspecified atom stereocenters. The van der Waals surface area contributed by atoms with E-state index in [0.717, 1.165) is 28.8 Å². The first-order chi connectivity index (χ1) is 8.74. The molecule has 0 aliphatic rings. The van der Waals surface area contributed by atoms with Gasteiger partial charge in [-0.15, -0.1) is 0 Å². The fraction of sp³-hybridized carbons (Fsp3) is 0.333. The molecule has 18 heavy (non-hydrogen) atoms. The highest BCUT2D eigenvalue weighted by Crippen LogP contribution is 2.34. The normalized spacial score (nSPS) is 12.6. The van der Waals surface area contributed by atoms with Crippen LogP contribution in [-0.2, 0) is 0 Å². The average molecular weight is 308 g/mol. The molecule has 1 N–H and O–H groups in total. The number of hydrogen-bond donors (Lipinski definition) is 1. The molecule has 0 aliphatic carbocycles. The summed E-state index contributed by atoms with van der Waals surface area (Å²) in [5.41, 5.74) is 2.41. The van der Waals surface area contributed by atoms with Gasteiger partial charge in [-0.3, -0.25) is 0 Å². The first kappa shape index (κ1) is 13.4. The van der Waals surface area contributed by atoms with Crippen molar-refractivity contribution >= 4 is 15.9 Å². The smallest absolute Gasteiger partial charge is 0.148 e. The van der Waals surface area contributed by atoms with Gasteiger partial charge in [0.15, 0.2) is 0 Å². The summed E-state index contributed by atoms with van der Waals surface area (Å²) in [6.07, 6.45) is 2.84. The summed E-state index contributed by atoms with van der Waals surface area (Å²) < 4.78 is 6.57. The molecule has 1 atom stereocenters. The third-order valence-corrected chi connectivity index (χ3v) is 3.61. The summed E-state index contributed by atoms with van der Waals surface area (Å²) in [4.78, 5) is 0. The Hall–Kier alpha value is -1.06. The van der Waals surface area contributed by atoms with Gasteiger partial charge in [-0.25, -0.2) is 0 Å². The zero-order chi connectivity index (χ0) is 13.0. The van der Waals surface area contributed by atoms with Crippen LogP contribution in [0.3, 0.4) is 0 Å². The highest BCUT2D eigenvalue weighted by Gasteiger charge is 2.14. The van der Waals surface area contributed by atoms with Gasteiger partial charge in [0.25, 0.3) is 0 Å². The van der Waals surface area contributed by atoms with Crippen molar-refractivity contribution in [3.8, 4) is 11.3 Å². The second-order valence-corrected chi connectivity index (χ2v) is 5.22. The third kappa shape index (κ3) is 2.85. The minimum Gasteiger partial charge on any atom is -0.463 e. The standard InChI is InChI=1S/C15H18BrNO/c1-3-9-17-11(2)12-6-4-5-7-13(12)15-14(16)8-10-18-15/h4-8,10-11,17H,3,9H2,1-2H3. The Kier molecular flexibility index (Phi) is 4.61. The van der Waals surface area contributed by atoms with Crippen molar-refractivity contribution in [1.29, 1.82) is 0 Å². The van der Waals surface area contributed by atoms with Crippen molar-refractivity contribution < 1.29 is 4.42 Å². The Balaban J connectivity index is 2.34. The molecule has 0 fully saturated rings. The average Bonchev–Trinajstić information content (AvgIpc) is 2.82. The number of furan rings is 1. The van der Waals surface area contributed by atoms with Crippen molar-refractivity contribution in [3.05, 3.63) is 46.6 Å². The van der Waals surface area contributed by atoms with E-state index in [-0.39, 0.29) is 0 Å². The van der Waals surface area contributed by atoms with Gasteiger partial charge in [0.1, 0.15) is 5.76 Å². The molecule has 96 valence electrons. The van der Waals surface area contributed by atoms with Gasteiger partial charge in [-0.05, 0) is 47.4 Å². The van der Waals surface area contributed by atoms with E-state index in [1.165, 1.54) is 5.56 Å². The Morgan fingerprint density at radius 2 is 2.06 bits per heavy atom. The van der Waals surface area contributed by atoms with Gasteiger partial charge in [-0.2, -0.15) is 0 Å². The maximum absolute atomic E-state index is 5.57. The molecular weight excluding hydrogens is 290 g/mol. The fourth-order valence-corrected chi connectivity index (χ4v) is 2.45. The third-order valence-electron chi connectivity index (χ3n) is 2.99. The zero-order valence-corrected chi connectivity index (χ0v) is 12.3. The SMILES string of the molecule is CCCNC(C)c1ccccc1-c1occc1Br. The van der Waals surface area contributed by atoms with Gasteiger partial charge >= 0.3 is 0 Å². The second kappa shape index (κ2) is 6.21. The Morgan fingerprint density at radius 3 is 2.72 bits per heavy atom. The first-order valence-corrected chi connectivity index (χ1v) is 7.09. The number of rotatable bonds is 5. The van der Waals surface area contributed by atoms with E-state index in [2.05, 4.69) is 53.3 Å². The van der Waals surface area contributed by atoms with Crippen molar-refractivity contribution in [2.24, 2.45) is 0 Å². The van der Waals surface area contributed by atoms with Crippen LogP contribution in [0, 0.1) is 0 Å². The van der Waals surface area contributed by atoms with Crippen LogP contribution >= 0.6 is 15.9 Å². The van der Waals surface area contributed by atoms with E-state index in [0.29, 0.717) is 6.04 Å². The number of nitrogens with one attached hydrogen (secondary N) is 1. The molecule has 2 aromatic rings. The summed E-state index contributed by atoms with van der Waals surface area (Å²) in [5.74, 6) is 0.899. The van der Waals surface area contributed by atoms with Crippen LogP contribution in [0.1, 0.15) is 31.9 Å².